The van der Waals surface area contributed by atoms with Gasteiger partial charge in [0.25, 0.3) is 0 Å². The molecular formula is C20H26N2O2. The lowest BCUT2D eigenvalue weighted by molar-refractivity contribution is -0.120. The van der Waals surface area contributed by atoms with Gasteiger partial charge in [-0.2, -0.15) is 0 Å². The van der Waals surface area contributed by atoms with Crippen LogP contribution in [0.15, 0.2) is 48.5 Å². The van der Waals surface area contributed by atoms with Crippen LogP contribution in [0, 0.1) is 6.92 Å². The molecule has 0 spiro atoms. The normalized spacial score (nSPS) is 10.4. The molecular weight excluding hydrogens is 300 g/mol. The van der Waals surface area contributed by atoms with Gasteiger partial charge in [0.05, 0.1) is 7.11 Å². The van der Waals surface area contributed by atoms with E-state index in [9.17, 15) is 4.79 Å². The van der Waals surface area contributed by atoms with Crippen LogP contribution in [0.4, 0.5) is 0 Å². The van der Waals surface area contributed by atoms with Crippen LogP contribution in [0.5, 0.6) is 5.75 Å². The van der Waals surface area contributed by atoms with Crippen molar-refractivity contribution in [1.29, 1.82) is 0 Å². The topological polar surface area (TPSA) is 50.4 Å². The molecule has 0 aliphatic heterocycles. The Morgan fingerprint density at radius 3 is 2.46 bits per heavy atom. The van der Waals surface area contributed by atoms with E-state index in [1.54, 1.807) is 7.11 Å². The highest BCUT2D eigenvalue weighted by molar-refractivity contribution is 5.76. The number of carbonyl (C=O) groups is 1. The smallest absolute Gasteiger partial charge is 0.221 e. The van der Waals surface area contributed by atoms with Gasteiger partial charge < -0.3 is 15.4 Å². The van der Waals surface area contributed by atoms with Crippen LogP contribution >= 0.6 is 0 Å². The predicted octanol–water partition coefficient (Wildman–Crippen LogP) is 2.84. The number of rotatable bonds is 9. The lowest BCUT2D eigenvalue weighted by atomic mass is 10.1. The highest BCUT2D eigenvalue weighted by Crippen LogP contribution is 2.17. The van der Waals surface area contributed by atoms with Crippen LogP contribution in [-0.4, -0.2) is 26.1 Å². The molecule has 2 rings (SSSR count). The average molecular weight is 326 g/mol. The van der Waals surface area contributed by atoms with E-state index in [2.05, 4.69) is 29.7 Å². The van der Waals surface area contributed by atoms with Gasteiger partial charge in [-0.05, 0) is 36.1 Å². The van der Waals surface area contributed by atoms with Gasteiger partial charge in [0.1, 0.15) is 5.75 Å². The zero-order valence-corrected chi connectivity index (χ0v) is 14.5. The summed E-state index contributed by atoms with van der Waals surface area (Å²) in [5.41, 5.74) is 3.65. The van der Waals surface area contributed by atoms with E-state index in [1.807, 2.05) is 36.4 Å². The number of carbonyl (C=O) groups excluding carboxylic acids is 1. The molecule has 0 heterocycles. The SMILES string of the molecule is COc1ccccc1CCNC(=O)CCNCc1ccccc1C. The number of nitrogens with one attached hydrogen (secondary N) is 2. The number of amides is 1. The first-order valence-electron chi connectivity index (χ1n) is 8.34. The monoisotopic (exact) mass is 326 g/mol. The maximum absolute atomic E-state index is 11.9. The van der Waals surface area contributed by atoms with Crippen molar-refractivity contribution in [2.75, 3.05) is 20.2 Å². The Labute approximate surface area is 144 Å². The molecule has 4 nitrogen and oxygen atoms in total. The second kappa shape index (κ2) is 9.73. The number of hydrogen-bond acceptors (Lipinski definition) is 3. The Balaban J connectivity index is 1.62. The molecule has 2 aromatic rings. The van der Waals surface area contributed by atoms with E-state index >= 15 is 0 Å². The Bertz CT molecular complexity index is 656. The van der Waals surface area contributed by atoms with Crippen molar-refractivity contribution in [3.8, 4) is 5.75 Å². The molecule has 0 atom stereocenters. The standard InChI is InChI=1S/C20H26N2O2/c1-16-7-3-4-9-18(16)15-21-13-12-20(23)22-14-11-17-8-5-6-10-19(17)24-2/h3-10,21H,11-15H2,1-2H3,(H,22,23). The fourth-order valence-electron chi connectivity index (χ4n) is 2.57. The van der Waals surface area contributed by atoms with Crippen LogP contribution in [0.2, 0.25) is 0 Å². The van der Waals surface area contributed by atoms with Gasteiger partial charge in [0, 0.05) is 26.1 Å². The lowest BCUT2D eigenvalue weighted by Crippen LogP contribution is -2.29. The zero-order chi connectivity index (χ0) is 17.2. The van der Waals surface area contributed by atoms with Crippen molar-refractivity contribution in [2.45, 2.75) is 26.3 Å². The van der Waals surface area contributed by atoms with Crippen molar-refractivity contribution >= 4 is 5.91 Å². The quantitative estimate of drug-likeness (QED) is 0.697. The van der Waals surface area contributed by atoms with E-state index in [4.69, 9.17) is 4.74 Å². The third-order valence-corrected chi connectivity index (χ3v) is 4.01. The maximum Gasteiger partial charge on any atom is 0.221 e. The van der Waals surface area contributed by atoms with Crippen molar-refractivity contribution in [1.82, 2.24) is 10.6 Å². The minimum Gasteiger partial charge on any atom is -0.496 e. The summed E-state index contributed by atoms with van der Waals surface area (Å²) in [5, 5.41) is 6.28. The molecule has 0 aliphatic rings. The fraction of sp³-hybridized carbons (Fsp3) is 0.350. The second-order valence-electron chi connectivity index (χ2n) is 5.77. The molecule has 0 radical (unpaired) electrons. The summed E-state index contributed by atoms with van der Waals surface area (Å²) < 4.78 is 5.31. The van der Waals surface area contributed by atoms with Gasteiger partial charge in [0.15, 0.2) is 0 Å². The first kappa shape index (κ1) is 18.0. The van der Waals surface area contributed by atoms with Crippen molar-refractivity contribution in [3.63, 3.8) is 0 Å². The molecule has 1 amide bonds. The molecule has 0 saturated carbocycles. The molecule has 128 valence electrons. The van der Waals surface area contributed by atoms with Gasteiger partial charge in [-0.1, -0.05) is 42.5 Å². The summed E-state index contributed by atoms with van der Waals surface area (Å²) in [7, 11) is 1.66. The van der Waals surface area contributed by atoms with Crippen LogP contribution in [0.3, 0.4) is 0 Å². The van der Waals surface area contributed by atoms with E-state index in [-0.39, 0.29) is 5.91 Å². The number of para-hydroxylation sites is 1. The summed E-state index contributed by atoms with van der Waals surface area (Å²) in [6.45, 7) is 4.19. The zero-order valence-electron chi connectivity index (χ0n) is 14.5. The first-order valence-corrected chi connectivity index (χ1v) is 8.34. The van der Waals surface area contributed by atoms with Crippen LogP contribution in [0.25, 0.3) is 0 Å². The summed E-state index contributed by atoms with van der Waals surface area (Å²) in [4.78, 5) is 11.9. The molecule has 2 N–H and O–H groups in total. The molecule has 0 saturated heterocycles. The van der Waals surface area contributed by atoms with Crippen molar-refractivity contribution < 1.29 is 9.53 Å². The summed E-state index contributed by atoms with van der Waals surface area (Å²) >= 11 is 0. The molecule has 4 heteroatoms. The van der Waals surface area contributed by atoms with E-state index in [1.165, 1.54) is 11.1 Å². The number of benzene rings is 2. The molecule has 0 aliphatic carbocycles. The Morgan fingerprint density at radius 1 is 1.00 bits per heavy atom. The van der Waals surface area contributed by atoms with Crippen LogP contribution < -0.4 is 15.4 Å². The Morgan fingerprint density at radius 2 is 1.71 bits per heavy atom. The summed E-state index contributed by atoms with van der Waals surface area (Å²) in [6.07, 6.45) is 1.25. The minimum absolute atomic E-state index is 0.0715. The largest absolute Gasteiger partial charge is 0.496 e. The molecule has 0 fully saturated rings. The molecule has 0 aromatic heterocycles. The number of methoxy groups -OCH3 is 1. The molecule has 0 bridgehead atoms. The summed E-state index contributed by atoms with van der Waals surface area (Å²) in [6, 6.07) is 16.2. The van der Waals surface area contributed by atoms with E-state index < -0.39 is 0 Å². The van der Waals surface area contributed by atoms with Gasteiger partial charge in [-0.15, -0.1) is 0 Å². The third-order valence-electron chi connectivity index (χ3n) is 4.01. The number of hydrogen-bond donors (Lipinski definition) is 2. The lowest BCUT2D eigenvalue weighted by Gasteiger charge is -2.10. The minimum atomic E-state index is 0.0715. The Kier molecular flexibility index (Phi) is 7.30. The van der Waals surface area contributed by atoms with E-state index in [0.717, 1.165) is 24.3 Å². The van der Waals surface area contributed by atoms with E-state index in [0.29, 0.717) is 19.5 Å². The van der Waals surface area contributed by atoms with Crippen LogP contribution in [0.1, 0.15) is 23.1 Å². The van der Waals surface area contributed by atoms with Crippen LogP contribution in [-0.2, 0) is 17.8 Å². The first-order chi connectivity index (χ1) is 11.7. The van der Waals surface area contributed by atoms with Gasteiger partial charge in [0.2, 0.25) is 5.91 Å². The van der Waals surface area contributed by atoms with Gasteiger partial charge in [-0.3, -0.25) is 4.79 Å². The molecule has 0 unspecified atom stereocenters. The number of aryl methyl sites for hydroxylation is 1. The second-order valence-corrected chi connectivity index (χ2v) is 5.77. The van der Waals surface area contributed by atoms with Gasteiger partial charge >= 0.3 is 0 Å². The van der Waals surface area contributed by atoms with Gasteiger partial charge in [-0.25, -0.2) is 0 Å². The van der Waals surface area contributed by atoms with Crippen molar-refractivity contribution in [3.05, 3.63) is 65.2 Å². The highest BCUT2D eigenvalue weighted by Gasteiger charge is 2.04. The number of ether oxygens (including phenoxy) is 1. The Hall–Kier alpha value is -2.33. The molecule has 2 aromatic carbocycles. The predicted molar refractivity (Wildman–Crippen MR) is 97.2 cm³/mol. The summed E-state index contributed by atoms with van der Waals surface area (Å²) in [5.74, 6) is 0.939. The third kappa shape index (κ3) is 5.70. The highest BCUT2D eigenvalue weighted by atomic mass is 16.5. The maximum atomic E-state index is 11.9. The van der Waals surface area contributed by atoms with Crippen molar-refractivity contribution in [2.24, 2.45) is 0 Å². The average Bonchev–Trinajstić information content (AvgIpc) is 2.60. The fourth-order valence-corrected chi connectivity index (χ4v) is 2.57. The molecule has 24 heavy (non-hydrogen) atoms.